The highest BCUT2D eigenvalue weighted by Crippen LogP contribution is 2.29. The molecule has 0 amide bonds. The van der Waals surface area contributed by atoms with E-state index in [0.717, 1.165) is 0 Å². The predicted molar refractivity (Wildman–Crippen MR) is 58.9 cm³/mol. The third kappa shape index (κ3) is 2.53. The zero-order valence-electron chi connectivity index (χ0n) is 9.11. The van der Waals surface area contributed by atoms with Crippen molar-refractivity contribution in [1.29, 1.82) is 0 Å². The number of ether oxygens (including phenoxy) is 2. The summed E-state index contributed by atoms with van der Waals surface area (Å²) in [6, 6.07) is 3.15. The molecule has 0 radical (unpaired) electrons. The van der Waals surface area contributed by atoms with Gasteiger partial charge in [0.1, 0.15) is 6.61 Å². The van der Waals surface area contributed by atoms with Crippen molar-refractivity contribution in [3.8, 4) is 23.3 Å². The standard InChI is InChI=1S/C12H12O4/c1-15-11-6-9(4-3-5-13)10(8-14)7-12(11)16-2/h6-8,13H,5H2,1-2H3. The Kier molecular flexibility index (Phi) is 4.37. The largest absolute Gasteiger partial charge is 0.493 e. The van der Waals surface area contributed by atoms with E-state index >= 15 is 0 Å². The van der Waals surface area contributed by atoms with Gasteiger partial charge in [-0.05, 0) is 6.07 Å². The van der Waals surface area contributed by atoms with Gasteiger partial charge < -0.3 is 14.6 Å². The van der Waals surface area contributed by atoms with Crippen molar-refractivity contribution in [2.75, 3.05) is 20.8 Å². The number of aliphatic hydroxyl groups excluding tert-OH is 1. The Balaban J connectivity index is 3.31. The molecule has 1 N–H and O–H groups in total. The third-order valence-electron chi connectivity index (χ3n) is 1.98. The lowest BCUT2D eigenvalue weighted by Gasteiger charge is -2.08. The van der Waals surface area contributed by atoms with Crippen LogP contribution in [0, 0.1) is 11.8 Å². The molecule has 0 unspecified atom stereocenters. The van der Waals surface area contributed by atoms with Crippen LogP contribution in [0.3, 0.4) is 0 Å². The minimum absolute atomic E-state index is 0.257. The fourth-order valence-corrected chi connectivity index (χ4v) is 1.24. The fourth-order valence-electron chi connectivity index (χ4n) is 1.24. The van der Waals surface area contributed by atoms with E-state index in [0.29, 0.717) is 28.9 Å². The van der Waals surface area contributed by atoms with Gasteiger partial charge in [-0.2, -0.15) is 0 Å². The van der Waals surface area contributed by atoms with Crippen LogP contribution in [-0.2, 0) is 0 Å². The number of carbonyl (C=O) groups is 1. The van der Waals surface area contributed by atoms with Gasteiger partial charge in [-0.25, -0.2) is 0 Å². The molecule has 0 heterocycles. The van der Waals surface area contributed by atoms with Crippen molar-refractivity contribution in [3.05, 3.63) is 23.3 Å². The number of methoxy groups -OCH3 is 2. The number of carbonyl (C=O) groups excluding carboxylic acids is 1. The van der Waals surface area contributed by atoms with Crippen LogP contribution in [-0.4, -0.2) is 32.2 Å². The van der Waals surface area contributed by atoms with Crippen LogP contribution in [0.2, 0.25) is 0 Å². The van der Waals surface area contributed by atoms with Gasteiger partial charge in [0.25, 0.3) is 0 Å². The van der Waals surface area contributed by atoms with E-state index < -0.39 is 0 Å². The first-order valence-corrected chi connectivity index (χ1v) is 4.57. The number of hydrogen-bond acceptors (Lipinski definition) is 4. The Labute approximate surface area is 93.8 Å². The van der Waals surface area contributed by atoms with Crippen molar-refractivity contribution in [3.63, 3.8) is 0 Å². The summed E-state index contributed by atoms with van der Waals surface area (Å²) in [5.41, 5.74) is 0.903. The zero-order chi connectivity index (χ0) is 12.0. The maximum Gasteiger partial charge on any atom is 0.162 e. The van der Waals surface area contributed by atoms with Crippen LogP contribution in [0.1, 0.15) is 15.9 Å². The van der Waals surface area contributed by atoms with E-state index in [-0.39, 0.29) is 6.61 Å². The Morgan fingerprint density at radius 1 is 1.31 bits per heavy atom. The van der Waals surface area contributed by atoms with Crippen LogP contribution in [0.15, 0.2) is 12.1 Å². The lowest BCUT2D eigenvalue weighted by Crippen LogP contribution is -1.95. The molecule has 0 atom stereocenters. The maximum atomic E-state index is 10.8. The molecule has 4 nitrogen and oxygen atoms in total. The van der Waals surface area contributed by atoms with Gasteiger partial charge >= 0.3 is 0 Å². The molecule has 1 aromatic rings. The second kappa shape index (κ2) is 5.79. The van der Waals surface area contributed by atoms with Crippen LogP contribution < -0.4 is 9.47 Å². The number of hydrogen-bond donors (Lipinski definition) is 1. The molecule has 0 saturated heterocycles. The smallest absolute Gasteiger partial charge is 0.162 e. The van der Waals surface area contributed by atoms with Crippen molar-refractivity contribution < 1.29 is 19.4 Å². The molecule has 0 aliphatic carbocycles. The number of rotatable bonds is 3. The molecule has 0 fully saturated rings. The summed E-state index contributed by atoms with van der Waals surface area (Å²) in [4.78, 5) is 10.8. The topological polar surface area (TPSA) is 55.8 Å². The van der Waals surface area contributed by atoms with Crippen LogP contribution in [0.25, 0.3) is 0 Å². The molecular weight excluding hydrogens is 208 g/mol. The van der Waals surface area contributed by atoms with Crippen LogP contribution >= 0.6 is 0 Å². The Morgan fingerprint density at radius 3 is 2.44 bits per heavy atom. The normalized spacial score (nSPS) is 8.94. The lowest BCUT2D eigenvalue weighted by atomic mass is 10.1. The molecule has 4 heteroatoms. The lowest BCUT2D eigenvalue weighted by molar-refractivity contribution is 0.112. The quantitative estimate of drug-likeness (QED) is 0.606. The monoisotopic (exact) mass is 220 g/mol. The van der Waals surface area contributed by atoms with Crippen LogP contribution in [0.4, 0.5) is 0 Å². The molecule has 0 aromatic heterocycles. The molecule has 1 aromatic carbocycles. The molecule has 0 spiro atoms. The summed E-state index contributed by atoms with van der Waals surface area (Å²) in [5, 5.41) is 8.60. The zero-order valence-corrected chi connectivity index (χ0v) is 9.11. The van der Waals surface area contributed by atoms with E-state index in [2.05, 4.69) is 11.8 Å². The van der Waals surface area contributed by atoms with Crippen molar-refractivity contribution >= 4 is 6.29 Å². The minimum atomic E-state index is -0.257. The van der Waals surface area contributed by atoms with E-state index in [1.54, 1.807) is 12.1 Å². The maximum absolute atomic E-state index is 10.8. The number of aliphatic hydroxyl groups is 1. The number of aldehydes is 1. The second-order valence-corrected chi connectivity index (χ2v) is 2.87. The van der Waals surface area contributed by atoms with Gasteiger partial charge in [0.2, 0.25) is 0 Å². The van der Waals surface area contributed by atoms with E-state index in [1.807, 2.05) is 0 Å². The fraction of sp³-hybridized carbons (Fsp3) is 0.250. The van der Waals surface area contributed by atoms with Gasteiger partial charge in [-0.1, -0.05) is 11.8 Å². The summed E-state index contributed by atoms with van der Waals surface area (Å²) >= 11 is 0. The first-order chi connectivity index (χ1) is 7.76. The summed E-state index contributed by atoms with van der Waals surface area (Å²) in [6.45, 7) is -0.257. The van der Waals surface area contributed by atoms with Crippen LogP contribution in [0.5, 0.6) is 11.5 Å². The molecule has 84 valence electrons. The first-order valence-electron chi connectivity index (χ1n) is 4.57. The summed E-state index contributed by atoms with van der Waals surface area (Å²) in [6.07, 6.45) is 0.684. The van der Waals surface area contributed by atoms with Gasteiger partial charge in [0, 0.05) is 17.2 Å². The van der Waals surface area contributed by atoms with Gasteiger partial charge in [-0.15, -0.1) is 0 Å². The molecule has 0 aliphatic rings. The molecule has 0 aliphatic heterocycles. The highest BCUT2D eigenvalue weighted by molar-refractivity contribution is 5.81. The minimum Gasteiger partial charge on any atom is -0.493 e. The SMILES string of the molecule is COc1cc(C#CCO)c(C=O)cc1OC. The van der Waals surface area contributed by atoms with Gasteiger partial charge in [-0.3, -0.25) is 4.79 Å². The van der Waals surface area contributed by atoms with Gasteiger partial charge in [0.15, 0.2) is 17.8 Å². The third-order valence-corrected chi connectivity index (χ3v) is 1.98. The summed E-state index contributed by atoms with van der Waals surface area (Å²) < 4.78 is 10.1. The summed E-state index contributed by atoms with van der Waals surface area (Å²) in [7, 11) is 2.99. The molecule has 0 bridgehead atoms. The molecule has 16 heavy (non-hydrogen) atoms. The second-order valence-electron chi connectivity index (χ2n) is 2.87. The van der Waals surface area contributed by atoms with Gasteiger partial charge in [0.05, 0.1) is 14.2 Å². The Morgan fingerprint density at radius 2 is 1.94 bits per heavy atom. The average Bonchev–Trinajstić information content (AvgIpc) is 2.35. The molecular formula is C12H12O4. The van der Waals surface area contributed by atoms with E-state index in [1.165, 1.54) is 14.2 Å². The molecule has 1 rings (SSSR count). The van der Waals surface area contributed by atoms with E-state index in [4.69, 9.17) is 14.6 Å². The molecule has 0 saturated carbocycles. The Bertz CT molecular complexity index is 440. The highest BCUT2D eigenvalue weighted by Gasteiger charge is 2.08. The Hall–Kier alpha value is -1.99. The number of benzene rings is 1. The van der Waals surface area contributed by atoms with Crippen molar-refractivity contribution in [1.82, 2.24) is 0 Å². The van der Waals surface area contributed by atoms with Crippen molar-refractivity contribution in [2.45, 2.75) is 0 Å². The summed E-state index contributed by atoms with van der Waals surface area (Å²) in [5.74, 6) is 6.12. The predicted octanol–water partition coefficient (Wildman–Crippen LogP) is 0.860. The van der Waals surface area contributed by atoms with E-state index in [9.17, 15) is 4.79 Å². The van der Waals surface area contributed by atoms with Crippen molar-refractivity contribution in [2.24, 2.45) is 0 Å². The average molecular weight is 220 g/mol. The first kappa shape index (κ1) is 12.1. The highest BCUT2D eigenvalue weighted by atomic mass is 16.5.